The van der Waals surface area contributed by atoms with Crippen LogP contribution in [-0.2, 0) is 28.2 Å². The van der Waals surface area contributed by atoms with Gasteiger partial charge in [-0.2, -0.15) is 0 Å². The van der Waals surface area contributed by atoms with Crippen molar-refractivity contribution in [3.63, 3.8) is 0 Å². The molecule has 0 aromatic heterocycles. The summed E-state index contributed by atoms with van der Waals surface area (Å²) in [6.07, 6.45) is 50.9. The van der Waals surface area contributed by atoms with Crippen LogP contribution in [-0.4, -0.2) is 41.0 Å². The lowest BCUT2D eigenvalue weighted by molar-refractivity contribution is -0.157. The normalized spacial score (nSPS) is 13.4. The molecule has 1 atom stereocenters. The molecule has 0 rings (SSSR count). The van der Waals surface area contributed by atoms with E-state index >= 15 is 0 Å². The van der Waals surface area contributed by atoms with Crippen LogP contribution in [0.4, 0.5) is 0 Å². The van der Waals surface area contributed by atoms with Crippen molar-refractivity contribution in [2.75, 3.05) is 13.2 Å². The van der Waals surface area contributed by atoms with Crippen molar-refractivity contribution in [3.8, 4) is 0 Å². The van der Waals surface area contributed by atoms with Crippen molar-refractivity contribution in [2.45, 2.75) is 161 Å². The molecule has 0 unspecified atom stereocenters. The first-order valence-corrected chi connectivity index (χ1v) is 21.5. The quantitative estimate of drug-likeness (QED) is 0.0164. The van der Waals surface area contributed by atoms with Crippen LogP contribution in [0, 0.1) is 0 Å². The van der Waals surface area contributed by atoms with E-state index in [0.29, 0.717) is 6.42 Å². The molecule has 0 aromatic rings. The fourth-order valence-electron chi connectivity index (χ4n) is 5.03. The summed E-state index contributed by atoms with van der Waals surface area (Å²) in [5.74, 6) is -1.24. The van der Waals surface area contributed by atoms with Gasteiger partial charge in [0.25, 0.3) is 0 Å². The van der Waals surface area contributed by atoms with E-state index < -0.39 is 32.5 Å². The molecular formula is C43H71O8P. The molecule has 0 spiro atoms. The number of phosphoric ester groups is 1. The summed E-state index contributed by atoms with van der Waals surface area (Å²) in [5.41, 5.74) is 0. The van der Waals surface area contributed by atoms with Crippen LogP contribution in [0.5, 0.6) is 0 Å². The average molecular weight is 747 g/mol. The van der Waals surface area contributed by atoms with Crippen LogP contribution in [0.25, 0.3) is 0 Å². The van der Waals surface area contributed by atoms with Crippen molar-refractivity contribution in [2.24, 2.45) is 0 Å². The van der Waals surface area contributed by atoms with Crippen LogP contribution < -0.4 is 0 Å². The predicted octanol–water partition coefficient (Wildman–Crippen LogP) is 12.1. The van der Waals surface area contributed by atoms with Gasteiger partial charge in [0.05, 0.1) is 6.61 Å². The first-order chi connectivity index (χ1) is 25.3. The van der Waals surface area contributed by atoms with Gasteiger partial charge in [-0.3, -0.25) is 9.32 Å². The Labute approximate surface area is 316 Å². The standard InChI is InChI=1S/C43H71O8P/c1-3-5-7-9-11-13-15-17-19-20-21-22-24-25-27-29-31-33-35-37-42(44)49-39-41(40-50-52(46,47)48)51-43(45)38-36-34-32-30-28-26-23-18-16-14-12-10-8-6-4-2/h11,13,17,19,21-22,25,27,31-34,36,38,41H,3-10,12,14-16,18,20,23-24,26,28-30,35,37,39-40H2,1-2H3,(H2,46,47,48)/b13-11+,19-17+,22-21+,27-25+,33-31+,34-32+,38-36+/t41-/m1/s1. The number of carbonyl (C=O) groups is 2. The Bertz CT molecular complexity index is 1110. The first kappa shape index (κ1) is 49.2. The van der Waals surface area contributed by atoms with Crippen molar-refractivity contribution in [3.05, 3.63) is 85.1 Å². The molecule has 0 aliphatic heterocycles. The molecule has 0 radical (unpaired) electrons. The Morgan fingerprint density at radius 3 is 1.54 bits per heavy atom. The lowest BCUT2D eigenvalue weighted by atomic mass is 10.1. The SMILES string of the molecule is CCCCC/C=C/C/C=C/C/C=C/C/C=C/C/C=C/CCC(=O)OC[C@H](COP(=O)(O)O)OC(=O)/C=C/C=C/CCCCCCCCCCCCC. The molecule has 2 N–H and O–H groups in total. The molecule has 9 heteroatoms. The van der Waals surface area contributed by atoms with E-state index in [2.05, 4.69) is 67.0 Å². The highest BCUT2D eigenvalue weighted by molar-refractivity contribution is 7.46. The highest BCUT2D eigenvalue weighted by Crippen LogP contribution is 2.35. The van der Waals surface area contributed by atoms with Crippen LogP contribution >= 0.6 is 7.82 Å². The number of hydrogen-bond donors (Lipinski definition) is 2. The highest BCUT2D eigenvalue weighted by atomic mass is 31.2. The largest absolute Gasteiger partial charge is 0.469 e. The van der Waals surface area contributed by atoms with Gasteiger partial charge in [0, 0.05) is 12.5 Å². The van der Waals surface area contributed by atoms with Crippen molar-refractivity contribution in [1.29, 1.82) is 0 Å². The minimum absolute atomic E-state index is 0.120. The topological polar surface area (TPSA) is 119 Å². The summed E-state index contributed by atoms with van der Waals surface area (Å²) in [5, 5.41) is 0. The second-order valence-corrected chi connectivity index (χ2v) is 14.2. The Balaban J connectivity index is 4.19. The smallest absolute Gasteiger partial charge is 0.462 e. The van der Waals surface area contributed by atoms with E-state index in [1.54, 1.807) is 12.2 Å². The second kappa shape index (κ2) is 38.0. The lowest BCUT2D eigenvalue weighted by Gasteiger charge is -2.17. The number of phosphoric acid groups is 1. The van der Waals surface area contributed by atoms with Gasteiger partial charge in [0.1, 0.15) is 6.61 Å². The number of ether oxygens (including phenoxy) is 2. The van der Waals surface area contributed by atoms with Gasteiger partial charge >= 0.3 is 19.8 Å². The molecule has 52 heavy (non-hydrogen) atoms. The van der Waals surface area contributed by atoms with Crippen molar-refractivity contribution >= 4 is 19.8 Å². The molecule has 0 heterocycles. The maximum absolute atomic E-state index is 12.3. The molecule has 8 nitrogen and oxygen atoms in total. The summed E-state index contributed by atoms with van der Waals surface area (Å²) >= 11 is 0. The molecule has 0 saturated heterocycles. The highest BCUT2D eigenvalue weighted by Gasteiger charge is 2.22. The van der Waals surface area contributed by atoms with E-state index in [0.717, 1.165) is 38.5 Å². The number of allylic oxidation sites excluding steroid dienone is 13. The predicted molar refractivity (Wildman–Crippen MR) is 216 cm³/mol. The van der Waals surface area contributed by atoms with Crippen LogP contribution in [0.15, 0.2) is 85.1 Å². The molecule has 0 amide bonds. The Morgan fingerprint density at radius 2 is 1.00 bits per heavy atom. The molecule has 296 valence electrons. The van der Waals surface area contributed by atoms with Gasteiger partial charge < -0.3 is 19.3 Å². The van der Waals surface area contributed by atoms with Gasteiger partial charge in [-0.1, -0.05) is 170 Å². The van der Waals surface area contributed by atoms with E-state index in [-0.39, 0.29) is 13.0 Å². The van der Waals surface area contributed by atoms with Crippen LogP contribution in [0.1, 0.15) is 155 Å². The molecule has 0 aliphatic carbocycles. The fraction of sp³-hybridized carbons (Fsp3) is 0.628. The zero-order valence-electron chi connectivity index (χ0n) is 32.4. The second-order valence-electron chi connectivity index (χ2n) is 13.0. The van der Waals surface area contributed by atoms with E-state index in [1.165, 1.54) is 96.0 Å². The molecule has 0 aliphatic rings. The molecule has 0 aromatic carbocycles. The molecule has 0 bridgehead atoms. The number of hydrogen-bond acceptors (Lipinski definition) is 6. The zero-order chi connectivity index (χ0) is 38.2. The number of esters is 2. The molecular weight excluding hydrogens is 675 g/mol. The van der Waals surface area contributed by atoms with Crippen LogP contribution in [0.3, 0.4) is 0 Å². The lowest BCUT2D eigenvalue weighted by Crippen LogP contribution is -2.28. The number of unbranched alkanes of at least 4 members (excludes halogenated alkanes) is 14. The molecule has 0 saturated carbocycles. The fourth-order valence-corrected chi connectivity index (χ4v) is 5.39. The maximum atomic E-state index is 12.3. The number of carbonyl (C=O) groups excluding carboxylic acids is 2. The Kier molecular flexibility index (Phi) is 35.9. The van der Waals surface area contributed by atoms with Gasteiger partial charge in [-0.15, -0.1) is 0 Å². The maximum Gasteiger partial charge on any atom is 0.469 e. The minimum Gasteiger partial charge on any atom is -0.462 e. The first-order valence-electron chi connectivity index (χ1n) is 19.9. The number of rotatable bonds is 35. The van der Waals surface area contributed by atoms with Gasteiger partial charge in [-0.25, -0.2) is 9.36 Å². The summed E-state index contributed by atoms with van der Waals surface area (Å²) < 4.78 is 26.1. The third kappa shape index (κ3) is 40.0. The van der Waals surface area contributed by atoms with Gasteiger partial charge in [0.15, 0.2) is 6.10 Å². The van der Waals surface area contributed by atoms with Crippen molar-refractivity contribution < 1.29 is 37.9 Å². The van der Waals surface area contributed by atoms with Crippen LogP contribution in [0.2, 0.25) is 0 Å². The monoisotopic (exact) mass is 746 g/mol. The minimum atomic E-state index is -4.80. The summed E-state index contributed by atoms with van der Waals surface area (Å²) in [4.78, 5) is 42.6. The Hall–Kier alpha value is -2.77. The van der Waals surface area contributed by atoms with E-state index in [1.807, 2.05) is 18.2 Å². The summed E-state index contributed by atoms with van der Waals surface area (Å²) in [6.45, 7) is 3.48. The molecule has 0 fully saturated rings. The third-order valence-corrected chi connectivity index (χ3v) is 8.49. The van der Waals surface area contributed by atoms with Gasteiger partial charge in [0.2, 0.25) is 0 Å². The average Bonchev–Trinajstić information content (AvgIpc) is 3.11. The zero-order valence-corrected chi connectivity index (χ0v) is 33.3. The van der Waals surface area contributed by atoms with Gasteiger partial charge in [-0.05, 0) is 57.8 Å². The van der Waals surface area contributed by atoms with E-state index in [9.17, 15) is 14.2 Å². The Morgan fingerprint density at radius 1 is 0.558 bits per heavy atom. The summed E-state index contributed by atoms with van der Waals surface area (Å²) in [7, 11) is -4.80. The summed E-state index contributed by atoms with van der Waals surface area (Å²) in [6, 6.07) is 0. The van der Waals surface area contributed by atoms with Crippen molar-refractivity contribution in [1.82, 2.24) is 0 Å². The van der Waals surface area contributed by atoms with E-state index in [4.69, 9.17) is 19.3 Å². The third-order valence-electron chi connectivity index (χ3n) is 8.01.